The zero-order chi connectivity index (χ0) is 16.2. The van der Waals surface area contributed by atoms with E-state index in [4.69, 9.17) is 4.74 Å². The second-order valence-corrected chi connectivity index (χ2v) is 6.45. The number of carbonyl (C=O) groups excluding carboxylic acids is 1. The normalized spacial score (nSPS) is 11.5. The van der Waals surface area contributed by atoms with Crippen molar-refractivity contribution in [1.82, 2.24) is 4.57 Å². The van der Waals surface area contributed by atoms with Crippen molar-refractivity contribution in [2.75, 3.05) is 27.7 Å². The van der Waals surface area contributed by atoms with Gasteiger partial charge in [-0.25, -0.2) is 4.79 Å². The highest BCUT2D eigenvalue weighted by Gasteiger charge is 2.15. The molecule has 0 saturated carbocycles. The summed E-state index contributed by atoms with van der Waals surface area (Å²) in [7, 11) is 6.51. The summed E-state index contributed by atoms with van der Waals surface area (Å²) in [4.78, 5) is 12.1. The Kier molecular flexibility index (Phi) is 5.03. The van der Waals surface area contributed by atoms with E-state index >= 15 is 0 Å². The van der Waals surface area contributed by atoms with Gasteiger partial charge in [0.2, 0.25) is 0 Å². The van der Waals surface area contributed by atoms with Crippen LogP contribution in [0, 0.1) is 0 Å². The molecule has 0 aliphatic heterocycles. The zero-order valence-corrected chi connectivity index (χ0v) is 13.9. The molecule has 0 aliphatic rings. The highest BCUT2D eigenvalue weighted by atomic mass is 16.5. The Bertz CT molecular complexity index is 639. The summed E-state index contributed by atoms with van der Waals surface area (Å²) in [5.41, 5.74) is 2.89. The van der Waals surface area contributed by atoms with E-state index in [1.807, 2.05) is 31.2 Å². The fourth-order valence-corrected chi connectivity index (χ4v) is 2.48. The molecule has 0 bridgehead atoms. The minimum absolute atomic E-state index is 0.251. The molecule has 0 saturated heterocycles. The van der Waals surface area contributed by atoms with Crippen LogP contribution in [0.15, 0.2) is 42.6 Å². The van der Waals surface area contributed by atoms with Gasteiger partial charge in [-0.05, 0) is 30.7 Å². The molecule has 1 aromatic carbocycles. The standard InChI is InChI=1S/C18H25N2O2/c1-5-22-18(21)17-11-7-6-9-15(17)13-19-12-8-10-16(19)14-20(2,3)4/h6-12H,5,13-14H2,1-4H3/q+1. The first kappa shape index (κ1) is 16.3. The summed E-state index contributed by atoms with van der Waals surface area (Å²) in [5, 5.41) is 0. The lowest BCUT2D eigenvalue weighted by atomic mass is 10.1. The molecule has 0 amide bonds. The lowest BCUT2D eigenvalue weighted by Crippen LogP contribution is -2.34. The summed E-state index contributed by atoms with van der Waals surface area (Å²) in [6.45, 7) is 3.83. The molecule has 4 nitrogen and oxygen atoms in total. The van der Waals surface area contributed by atoms with Crippen molar-refractivity contribution in [3.05, 3.63) is 59.4 Å². The molecule has 2 rings (SSSR count). The lowest BCUT2D eigenvalue weighted by Gasteiger charge is -2.24. The summed E-state index contributed by atoms with van der Waals surface area (Å²) < 4.78 is 8.21. The molecular weight excluding hydrogens is 276 g/mol. The van der Waals surface area contributed by atoms with Crippen molar-refractivity contribution in [1.29, 1.82) is 0 Å². The highest BCUT2D eigenvalue weighted by molar-refractivity contribution is 5.91. The van der Waals surface area contributed by atoms with E-state index in [1.165, 1.54) is 5.69 Å². The zero-order valence-electron chi connectivity index (χ0n) is 13.9. The fraction of sp³-hybridized carbons (Fsp3) is 0.389. The Morgan fingerprint density at radius 2 is 1.86 bits per heavy atom. The van der Waals surface area contributed by atoms with Crippen LogP contribution in [0.2, 0.25) is 0 Å². The average molecular weight is 301 g/mol. The number of esters is 1. The molecule has 0 atom stereocenters. The van der Waals surface area contributed by atoms with Gasteiger partial charge in [-0.2, -0.15) is 0 Å². The number of aromatic nitrogens is 1. The Morgan fingerprint density at radius 1 is 1.14 bits per heavy atom. The summed E-state index contributed by atoms with van der Waals surface area (Å²) in [6, 6.07) is 11.8. The van der Waals surface area contributed by atoms with Crippen LogP contribution in [0.4, 0.5) is 0 Å². The van der Waals surface area contributed by atoms with Crippen LogP contribution < -0.4 is 0 Å². The second-order valence-electron chi connectivity index (χ2n) is 6.45. The van der Waals surface area contributed by atoms with Crippen molar-refractivity contribution in [3.63, 3.8) is 0 Å². The molecule has 1 aromatic heterocycles. The lowest BCUT2D eigenvalue weighted by molar-refractivity contribution is -0.884. The Morgan fingerprint density at radius 3 is 2.55 bits per heavy atom. The van der Waals surface area contributed by atoms with Crippen molar-refractivity contribution < 1.29 is 14.0 Å². The van der Waals surface area contributed by atoms with Gasteiger partial charge in [0, 0.05) is 12.7 Å². The average Bonchev–Trinajstić information content (AvgIpc) is 2.85. The quantitative estimate of drug-likeness (QED) is 0.607. The Labute approximate surface area is 132 Å². The number of hydrogen-bond acceptors (Lipinski definition) is 2. The van der Waals surface area contributed by atoms with E-state index in [0.29, 0.717) is 18.7 Å². The maximum Gasteiger partial charge on any atom is 0.338 e. The van der Waals surface area contributed by atoms with E-state index in [1.54, 1.807) is 0 Å². The third kappa shape index (κ3) is 4.21. The van der Waals surface area contributed by atoms with Crippen LogP contribution in [0.3, 0.4) is 0 Å². The maximum atomic E-state index is 12.1. The van der Waals surface area contributed by atoms with Crippen LogP contribution in [0.25, 0.3) is 0 Å². The summed E-state index contributed by atoms with van der Waals surface area (Å²) >= 11 is 0. The molecule has 4 heteroatoms. The number of nitrogens with zero attached hydrogens (tertiary/aromatic N) is 2. The SMILES string of the molecule is CCOC(=O)c1ccccc1Cn1cccc1C[N+](C)(C)C. The van der Waals surface area contributed by atoms with Crippen molar-refractivity contribution in [2.24, 2.45) is 0 Å². The predicted molar refractivity (Wildman–Crippen MR) is 87.7 cm³/mol. The smallest absolute Gasteiger partial charge is 0.338 e. The molecule has 2 aromatic rings. The summed E-state index contributed by atoms with van der Waals surface area (Å²) in [6.07, 6.45) is 2.06. The van der Waals surface area contributed by atoms with Gasteiger partial charge in [0.1, 0.15) is 6.54 Å². The molecule has 0 unspecified atom stereocenters. The molecule has 118 valence electrons. The Balaban J connectivity index is 2.25. The summed E-state index contributed by atoms with van der Waals surface area (Å²) in [5.74, 6) is -0.251. The maximum absolute atomic E-state index is 12.1. The van der Waals surface area contributed by atoms with Crippen molar-refractivity contribution in [3.8, 4) is 0 Å². The molecule has 0 N–H and O–H groups in total. The van der Waals surface area contributed by atoms with Gasteiger partial charge in [0.15, 0.2) is 0 Å². The minimum Gasteiger partial charge on any atom is -0.462 e. The van der Waals surface area contributed by atoms with Gasteiger partial charge in [-0.1, -0.05) is 18.2 Å². The molecule has 1 heterocycles. The van der Waals surface area contributed by atoms with Gasteiger partial charge in [-0.15, -0.1) is 0 Å². The molecule has 0 radical (unpaired) electrons. The largest absolute Gasteiger partial charge is 0.462 e. The predicted octanol–water partition coefficient (Wildman–Crippen LogP) is 2.92. The van der Waals surface area contributed by atoms with E-state index in [-0.39, 0.29) is 5.97 Å². The van der Waals surface area contributed by atoms with E-state index in [2.05, 4.69) is 44.0 Å². The topological polar surface area (TPSA) is 31.2 Å². The van der Waals surface area contributed by atoms with Gasteiger partial charge in [0.25, 0.3) is 0 Å². The first-order valence-corrected chi connectivity index (χ1v) is 7.60. The van der Waals surface area contributed by atoms with Crippen LogP contribution in [0.5, 0.6) is 0 Å². The molecular formula is C18H25N2O2+. The fourth-order valence-electron chi connectivity index (χ4n) is 2.48. The van der Waals surface area contributed by atoms with Crippen LogP contribution in [0.1, 0.15) is 28.5 Å². The van der Waals surface area contributed by atoms with E-state index < -0.39 is 0 Å². The first-order chi connectivity index (χ1) is 10.4. The first-order valence-electron chi connectivity index (χ1n) is 7.60. The monoisotopic (exact) mass is 301 g/mol. The third-order valence-electron chi connectivity index (χ3n) is 3.41. The third-order valence-corrected chi connectivity index (χ3v) is 3.41. The molecule has 0 spiro atoms. The van der Waals surface area contributed by atoms with Crippen LogP contribution in [-0.4, -0.2) is 42.8 Å². The number of ether oxygens (including phenoxy) is 1. The number of benzene rings is 1. The van der Waals surface area contributed by atoms with E-state index in [0.717, 1.165) is 16.6 Å². The van der Waals surface area contributed by atoms with Gasteiger partial charge >= 0.3 is 5.97 Å². The number of hydrogen-bond donors (Lipinski definition) is 0. The number of rotatable bonds is 6. The number of quaternary nitrogens is 1. The minimum atomic E-state index is -0.251. The second kappa shape index (κ2) is 6.79. The highest BCUT2D eigenvalue weighted by Crippen LogP contribution is 2.16. The van der Waals surface area contributed by atoms with Crippen molar-refractivity contribution in [2.45, 2.75) is 20.0 Å². The van der Waals surface area contributed by atoms with Gasteiger partial charge in [0.05, 0.1) is 39.0 Å². The van der Waals surface area contributed by atoms with Crippen LogP contribution in [-0.2, 0) is 17.8 Å². The number of carbonyl (C=O) groups is 1. The Hall–Kier alpha value is -2.07. The molecule has 0 aliphatic carbocycles. The van der Waals surface area contributed by atoms with Gasteiger partial charge < -0.3 is 13.8 Å². The van der Waals surface area contributed by atoms with Gasteiger partial charge in [-0.3, -0.25) is 0 Å². The van der Waals surface area contributed by atoms with Crippen LogP contribution >= 0.6 is 0 Å². The van der Waals surface area contributed by atoms with E-state index in [9.17, 15) is 4.79 Å². The van der Waals surface area contributed by atoms with Crippen molar-refractivity contribution >= 4 is 5.97 Å². The molecule has 22 heavy (non-hydrogen) atoms. The molecule has 0 fully saturated rings.